The molecule has 1 heterocycles. The highest BCUT2D eigenvalue weighted by molar-refractivity contribution is 5.94. The van der Waals surface area contributed by atoms with Crippen molar-refractivity contribution in [1.29, 1.82) is 0 Å². The van der Waals surface area contributed by atoms with E-state index in [1.54, 1.807) is 0 Å². The van der Waals surface area contributed by atoms with Crippen LogP contribution in [0.5, 0.6) is 0 Å². The number of carbonyl (C=O) groups is 1. The van der Waals surface area contributed by atoms with E-state index in [4.69, 9.17) is 4.52 Å². The van der Waals surface area contributed by atoms with Crippen LogP contribution in [0.15, 0.2) is 53.1 Å². The molecular weight excluding hydrogens is 376 g/mol. The number of hydrogen-bond donors (Lipinski definition) is 1. The number of carbonyl (C=O) groups excluding carboxylic acids is 1. The number of nitrogens with zero attached hydrogens (tertiary/aromatic N) is 3. The first kappa shape index (κ1) is 19.0. The molecule has 1 N–H and O–H groups in total. The van der Waals surface area contributed by atoms with Gasteiger partial charge in [-0.15, -0.1) is 0 Å². The summed E-state index contributed by atoms with van der Waals surface area (Å²) in [5.74, 6) is 1.29. The van der Waals surface area contributed by atoms with Crippen LogP contribution in [0, 0.1) is 6.92 Å². The maximum atomic E-state index is 12.2. The first-order valence-corrected chi connectivity index (χ1v) is 10.7. The van der Waals surface area contributed by atoms with Gasteiger partial charge in [0.05, 0.1) is 6.54 Å². The minimum atomic E-state index is 0.0256. The zero-order chi connectivity index (χ0) is 20.5. The van der Waals surface area contributed by atoms with Crippen molar-refractivity contribution in [2.75, 3.05) is 0 Å². The van der Waals surface area contributed by atoms with Gasteiger partial charge in [0.1, 0.15) is 0 Å². The van der Waals surface area contributed by atoms with Crippen molar-refractivity contribution in [3.63, 3.8) is 0 Å². The molecule has 1 aromatic heterocycles. The molecule has 0 spiro atoms. The van der Waals surface area contributed by atoms with Crippen LogP contribution in [0.25, 0.3) is 11.4 Å². The molecule has 3 aromatic rings. The first-order valence-electron chi connectivity index (χ1n) is 10.7. The van der Waals surface area contributed by atoms with Crippen molar-refractivity contribution in [1.82, 2.24) is 20.4 Å². The maximum Gasteiger partial charge on any atom is 0.251 e. The minimum absolute atomic E-state index is 0.0256. The monoisotopic (exact) mass is 402 g/mol. The fourth-order valence-electron chi connectivity index (χ4n) is 3.56. The van der Waals surface area contributed by atoms with Gasteiger partial charge in [-0.2, -0.15) is 4.98 Å². The van der Waals surface area contributed by atoms with Crippen molar-refractivity contribution < 1.29 is 9.32 Å². The summed E-state index contributed by atoms with van der Waals surface area (Å²) in [4.78, 5) is 19.2. The standard InChI is InChI=1S/C24H26N4O2/c1-16-2-6-18(7-3-16)23-26-22(30-27-23)15-28(21-12-13-21)14-17-4-8-19(9-5-17)24(29)25-20-10-11-20/h2-9,20-21H,10-15H2,1H3,(H,25,29). The van der Waals surface area contributed by atoms with Gasteiger partial charge in [0.2, 0.25) is 11.7 Å². The summed E-state index contributed by atoms with van der Waals surface area (Å²) in [5, 5.41) is 7.19. The predicted molar refractivity (Wildman–Crippen MR) is 114 cm³/mol. The van der Waals surface area contributed by atoms with E-state index in [0.717, 1.165) is 30.5 Å². The van der Waals surface area contributed by atoms with E-state index in [0.29, 0.717) is 30.3 Å². The molecule has 2 saturated carbocycles. The highest BCUT2D eigenvalue weighted by Crippen LogP contribution is 2.30. The molecule has 6 nitrogen and oxygen atoms in total. The van der Waals surface area contributed by atoms with E-state index in [1.165, 1.54) is 24.0 Å². The van der Waals surface area contributed by atoms with E-state index in [9.17, 15) is 4.79 Å². The topological polar surface area (TPSA) is 71.3 Å². The van der Waals surface area contributed by atoms with Gasteiger partial charge in [-0.3, -0.25) is 9.69 Å². The first-order chi connectivity index (χ1) is 14.6. The number of benzene rings is 2. The third kappa shape index (κ3) is 4.60. The van der Waals surface area contributed by atoms with Crippen molar-refractivity contribution in [2.45, 2.75) is 57.8 Å². The van der Waals surface area contributed by atoms with E-state index >= 15 is 0 Å². The Hall–Kier alpha value is -2.99. The highest BCUT2D eigenvalue weighted by Gasteiger charge is 2.30. The molecule has 2 aliphatic rings. The van der Waals surface area contributed by atoms with E-state index in [-0.39, 0.29) is 5.91 Å². The lowest BCUT2D eigenvalue weighted by molar-refractivity contribution is 0.0951. The average Bonchev–Trinajstić information content (AvgIpc) is 3.69. The van der Waals surface area contributed by atoms with Crippen molar-refractivity contribution in [3.8, 4) is 11.4 Å². The smallest absolute Gasteiger partial charge is 0.251 e. The second-order valence-electron chi connectivity index (χ2n) is 8.46. The molecule has 0 unspecified atom stereocenters. The molecule has 0 bridgehead atoms. The molecule has 5 rings (SSSR count). The molecule has 154 valence electrons. The van der Waals surface area contributed by atoms with Crippen LogP contribution in [0.1, 0.15) is 53.1 Å². The Morgan fingerprint density at radius 2 is 1.77 bits per heavy atom. The Kier molecular flexibility index (Phi) is 5.09. The molecule has 2 aromatic carbocycles. The van der Waals surface area contributed by atoms with Gasteiger partial charge in [0.15, 0.2) is 0 Å². The Morgan fingerprint density at radius 3 is 2.43 bits per heavy atom. The second-order valence-corrected chi connectivity index (χ2v) is 8.46. The molecule has 30 heavy (non-hydrogen) atoms. The number of hydrogen-bond acceptors (Lipinski definition) is 5. The quantitative estimate of drug-likeness (QED) is 0.614. The van der Waals surface area contributed by atoms with Crippen molar-refractivity contribution in [3.05, 3.63) is 71.1 Å². The second kappa shape index (κ2) is 8.03. The van der Waals surface area contributed by atoms with Gasteiger partial charge < -0.3 is 9.84 Å². The van der Waals surface area contributed by atoms with Crippen LogP contribution in [0.2, 0.25) is 0 Å². The summed E-state index contributed by atoms with van der Waals surface area (Å²) in [6, 6.07) is 17.0. The molecule has 0 aliphatic heterocycles. The van der Waals surface area contributed by atoms with Crippen LogP contribution < -0.4 is 5.32 Å². The molecule has 0 atom stereocenters. The molecule has 2 fully saturated rings. The summed E-state index contributed by atoms with van der Waals surface area (Å²) >= 11 is 0. The minimum Gasteiger partial charge on any atom is -0.349 e. The van der Waals surface area contributed by atoms with E-state index < -0.39 is 0 Å². The summed E-state index contributed by atoms with van der Waals surface area (Å²) < 4.78 is 5.53. The Balaban J connectivity index is 1.24. The van der Waals surface area contributed by atoms with Gasteiger partial charge in [0.25, 0.3) is 5.91 Å². The number of rotatable bonds is 8. The number of nitrogens with one attached hydrogen (secondary N) is 1. The number of aryl methyl sites for hydroxylation is 1. The third-order valence-corrected chi connectivity index (χ3v) is 5.69. The lowest BCUT2D eigenvalue weighted by atomic mass is 10.1. The SMILES string of the molecule is Cc1ccc(-c2noc(CN(Cc3ccc(C(=O)NC4CC4)cc3)C3CC3)n2)cc1. The van der Waals surface area contributed by atoms with E-state index in [1.807, 2.05) is 36.4 Å². The van der Waals surface area contributed by atoms with Gasteiger partial charge in [0, 0.05) is 29.8 Å². The molecule has 0 radical (unpaired) electrons. The molecule has 0 saturated heterocycles. The average molecular weight is 402 g/mol. The van der Waals surface area contributed by atoms with Crippen molar-refractivity contribution >= 4 is 5.91 Å². The Morgan fingerprint density at radius 1 is 1.03 bits per heavy atom. The normalized spacial score (nSPS) is 16.1. The molecular formula is C24H26N4O2. The van der Waals surface area contributed by atoms with Gasteiger partial charge in [-0.05, 0) is 50.3 Å². The fourth-order valence-corrected chi connectivity index (χ4v) is 3.56. The molecule has 2 aliphatic carbocycles. The van der Waals surface area contributed by atoms with Crippen LogP contribution in [0.4, 0.5) is 0 Å². The molecule has 6 heteroatoms. The summed E-state index contributed by atoms with van der Waals surface area (Å²) in [6.45, 7) is 3.50. The highest BCUT2D eigenvalue weighted by atomic mass is 16.5. The largest absolute Gasteiger partial charge is 0.349 e. The third-order valence-electron chi connectivity index (χ3n) is 5.69. The van der Waals surface area contributed by atoms with E-state index in [2.05, 4.69) is 39.4 Å². The maximum absolute atomic E-state index is 12.2. The molecule has 1 amide bonds. The Bertz CT molecular complexity index is 1020. The van der Waals surface area contributed by atoms with Gasteiger partial charge in [-0.25, -0.2) is 0 Å². The fraction of sp³-hybridized carbons (Fsp3) is 0.375. The predicted octanol–water partition coefficient (Wildman–Crippen LogP) is 4.10. The summed E-state index contributed by atoms with van der Waals surface area (Å²) in [7, 11) is 0. The summed E-state index contributed by atoms with van der Waals surface area (Å²) in [5.41, 5.74) is 4.08. The lowest BCUT2D eigenvalue weighted by Crippen LogP contribution is -2.26. The van der Waals surface area contributed by atoms with Crippen molar-refractivity contribution in [2.24, 2.45) is 0 Å². The van der Waals surface area contributed by atoms with Gasteiger partial charge in [-0.1, -0.05) is 47.1 Å². The van der Waals surface area contributed by atoms with Gasteiger partial charge >= 0.3 is 0 Å². The number of aromatic nitrogens is 2. The van der Waals surface area contributed by atoms with Crippen LogP contribution in [-0.2, 0) is 13.1 Å². The summed E-state index contributed by atoms with van der Waals surface area (Å²) in [6.07, 6.45) is 4.59. The zero-order valence-corrected chi connectivity index (χ0v) is 17.2. The van der Waals surface area contributed by atoms with Crippen LogP contribution in [0.3, 0.4) is 0 Å². The number of amides is 1. The Labute approximate surface area is 176 Å². The zero-order valence-electron chi connectivity index (χ0n) is 17.2. The van der Waals surface area contributed by atoms with Crippen LogP contribution in [-0.4, -0.2) is 33.0 Å². The lowest BCUT2D eigenvalue weighted by Gasteiger charge is -2.20. The van der Waals surface area contributed by atoms with Crippen LogP contribution >= 0.6 is 0 Å².